The van der Waals surface area contributed by atoms with E-state index in [0.29, 0.717) is 34.7 Å². The molecule has 0 bridgehead atoms. The van der Waals surface area contributed by atoms with E-state index in [0.717, 1.165) is 42.5 Å². The molecule has 1 aliphatic heterocycles. The summed E-state index contributed by atoms with van der Waals surface area (Å²) in [6, 6.07) is 13.4. The lowest BCUT2D eigenvalue weighted by Gasteiger charge is -2.49. The Balaban J connectivity index is 1.45. The molecule has 1 saturated carbocycles. The number of halogens is 4. The summed E-state index contributed by atoms with van der Waals surface area (Å²) in [4.78, 5) is 18.3. The highest BCUT2D eigenvalue weighted by Crippen LogP contribution is 2.50. The summed E-state index contributed by atoms with van der Waals surface area (Å²) in [5, 5.41) is 1.91. The van der Waals surface area contributed by atoms with Gasteiger partial charge in [-0.3, -0.25) is 4.79 Å². The van der Waals surface area contributed by atoms with E-state index in [-0.39, 0.29) is 17.3 Å². The quantitative estimate of drug-likeness (QED) is 0.374. The maximum absolute atomic E-state index is 14.0. The molecule has 1 heterocycles. The highest BCUT2D eigenvalue weighted by atomic mass is 35.5. The minimum absolute atomic E-state index is 0.0120. The van der Waals surface area contributed by atoms with Crippen molar-refractivity contribution in [3.05, 3.63) is 86.9 Å². The minimum Gasteiger partial charge on any atom is -0.360 e. The van der Waals surface area contributed by atoms with Crippen molar-refractivity contribution in [2.45, 2.75) is 37.1 Å². The fourth-order valence-electron chi connectivity index (χ4n) is 5.35. The molecule has 0 N–H and O–H groups in total. The van der Waals surface area contributed by atoms with E-state index in [4.69, 9.17) is 46.4 Å². The molecule has 2 unspecified atom stereocenters. The Morgan fingerprint density at radius 3 is 2.32 bits per heavy atom. The molecule has 2 atom stereocenters. The first kappa shape index (κ1) is 24.1. The Kier molecular flexibility index (Phi) is 6.92. The molecular weight excluding hydrogens is 510 g/mol. The van der Waals surface area contributed by atoms with Gasteiger partial charge in [0.25, 0.3) is 0 Å². The number of alkyl halides is 1. The Morgan fingerprint density at radius 2 is 1.71 bits per heavy atom. The molecule has 0 aromatic heterocycles. The molecule has 2 aromatic rings. The zero-order chi connectivity index (χ0) is 23.9. The molecule has 0 radical (unpaired) electrons. The van der Waals surface area contributed by atoms with Gasteiger partial charge in [-0.05, 0) is 60.7 Å². The summed E-state index contributed by atoms with van der Waals surface area (Å²) in [6.45, 7) is 1.89. The van der Waals surface area contributed by atoms with Gasteiger partial charge in [0.2, 0.25) is 5.91 Å². The van der Waals surface area contributed by atoms with E-state index in [9.17, 15) is 4.79 Å². The number of allylic oxidation sites excluding steroid dienone is 3. The van der Waals surface area contributed by atoms with Crippen molar-refractivity contribution in [2.24, 2.45) is 5.41 Å². The Labute approximate surface area is 220 Å². The van der Waals surface area contributed by atoms with E-state index >= 15 is 0 Å². The Hall–Kier alpha value is -1.65. The van der Waals surface area contributed by atoms with E-state index in [1.165, 1.54) is 0 Å². The van der Waals surface area contributed by atoms with Gasteiger partial charge in [0.1, 0.15) is 0 Å². The Bertz CT molecular complexity index is 1140. The molecule has 34 heavy (non-hydrogen) atoms. The van der Waals surface area contributed by atoms with Crippen LogP contribution >= 0.6 is 46.4 Å². The van der Waals surface area contributed by atoms with Gasteiger partial charge >= 0.3 is 0 Å². The normalized spacial score (nSPS) is 23.9. The van der Waals surface area contributed by atoms with E-state index in [2.05, 4.69) is 17.1 Å². The van der Waals surface area contributed by atoms with Gasteiger partial charge in [0.05, 0.1) is 27.5 Å². The summed E-state index contributed by atoms with van der Waals surface area (Å²) in [5.74, 6) is 0.225. The van der Waals surface area contributed by atoms with Crippen molar-refractivity contribution in [3.8, 4) is 0 Å². The van der Waals surface area contributed by atoms with Crippen LogP contribution in [0.2, 0.25) is 15.1 Å². The van der Waals surface area contributed by atoms with Crippen LogP contribution in [0.4, 0.5) is 5.69 Å². The van der Waals surface area contributed by atoms with Gasteiger partial charge in [-0.1, -0.05) is 71.6 Å². The van der Waals surface area contributed by atoms with Gasteiger partial charge < -0.3 is 9.80 Å². The molecule has 3 nitrogen and oxygen atoms in total. The van der Waals surface area contributed by atoms with Crippen LogP contribution in [-0.2, 0) is 4.79 Å². The first-order valence-corrected chi connectivity index (χ1v) is 13.2. The molecule has 0 spiro atoms. The maximum Gasteiger partial charge on any atom is 0.233 e. The van der Waals surface area contributed by atoms with Crippen LogP contribution < -0.4 is 4.90 Å². The SMILES string of the molecule is O=C(N1CCN(c2ccc(Cl)cc2Cl)C(c2ccc(Cl)cc2)C1)C1(C2=CCC(Cl)C=C2)CCC1. The highest BCUT2D eigenvalue weighted by molar-refractivity contribution is 6.36. The molecule has 3 aliphatic rings. The van der Waals surface area contributed by atoms with Crippen molar-refractivity contribution in [3.63, 3.8) is 0 Å². The Morgan fingerprint density at radius 1 is 0.971 bits per heavy atom. The molecular formula is C27H26Cl4N2O. The lowest BCUT2D eigenvalue weighted by molar-refractivity contribution is -0.145. The van der Waals surface area contributed by atoms with E-state index < -0.39 is 5.41 Å². The van der Waals surface area contributed by atoms with Crippen LogP contribution in [-0.4, -0.2) is 35.8 Å². The molecule has 1 amide bonds. The smallest absolute Gasteiger partial charge is 0.233 e. The largest absolute Gasteiger partial charge is 0.360 e. The number of piperazine rings is 1. The number of hydrogen-bond donors (Lipinski definition) is 0. The van der Waals surface area contributed by atoms with E-state index in [1.54, 1.807) is 6.07 Å². The monoisotopic (exact) mass is 534 g/mol. The second-order valence-electron chi connectivity index (χ2n) is 9.31. The van der Waals surface area contributed by atoms with Crippen molar-refractivity contribution in [1.82, 2.24) is 4.90 Å². The number of carbonyl (C=O) groups is 1. The van der Waals surface area contributed by atoms with Gasteiger partial charge in [0.15, 0.2) is 0 Å². The number of rotatable bonds is 4. The molecule has 1 saturated heterocycles. The van der Waals surface area contributed by atoms with Crippen molar-refractivity contribution >= 4 is 58.0 Å². The van der Waals surface area contributed by atoms with Gasteiger partial charge in [-0.2, -0.15) is 0 Å². The van der Waals surface area contributed by atoms with Gasteiger partial charge in [0, 0.05) is 29.7 Å². The van der Waals surface area contributed by atoms with Gasteiger partial charge in [-0.15, -0.1) is 11.6 Å². The zero-order valence-electron chi connectivity index (χ0n) is 18.7. The lowest BCUT2D eigenvalue weighted by atomic mass is 9.62. The van der Waals surface area contributed by atoms with Crippen molar-refractivity contribution in [2.75, 3.05) is 24.5 Å². The number of amides is 1. The first-order valence-electron chi connectivity index (χ1n) is 11.7. The fraction of sp³-hybridized carbons (Fsp3) is 0.370. The van der Waals surface area contributed by atoms with Crippen LogP contribution in [0.1, 0.15) is 37.3 Å². The van der Waals surface area contributed by atoms with Crippen molar-refractivity contribution < 1.29 is 4.79 Å². The summed E-state index contributed by atoms with van der Waals surface area (Å²) >= 11 is 25.2. The molecule has 2 fully saturated rings. The summed E-state index contributed by atoms with van der Waals surface area (Å²) in [5.41, 5.74) is 2.73. The molecule has 2 aromatic carbocycles. The molecule has 2 aliphatic carbocycles. The molecule has 178 valence electrons. The van der Waals surface area contributed by atoms with Crippen molar-refractivity contribution in [1.29, 1.82) is 0 Å². The average Bonchev–Trinajstić information content (AvgIpc) is 2.80. The van der Waals surface area contributed by atoms with Crippen LogP contribution in [0, 0.1) is 5.41 Å². The van der Waals surface area contributed by atoms with E-state index in [1.807, 2.05) is 47.4 Å². The second-order valence-corrected chi connectivity index (χ2v) is 11.2. The first-order chi connectivity index (χ1) is 16.4. The maximum atomic E-state index is 14.0. The number of anilines is 1. The summed E-state index contributed by atoms with van der Waals surface area (Å²) < 4.78 is 0. The molecule has 5 rings (SSSR count). The van der Waals surface area contributed by atoms with Crippen LogP contribution in [0.15, 0.2) is 66.3 Å². The predicted molar refractivity (Wildman–Crippen MR) is 142 cm³/mol. The van der Waals surface area contributed by atoms with Crippen LogP contribution in [0.3, 0.4) is 0 Å². The fourth-order valence-corrected chi connectivity index (χ4v) is 6.15. The van der Waals surface area contributed by atoms with Crippen LogP contribution in [0.25, 0.3) is 0 Å². The summed E-state index contributed by atoms with van der Waals surface area (Å²) in [6.07, 6.45) is 9.88. The standard InChI is InChI=1S/C27H26Cl4N2O/c28-20-6-2-18(3-7-20)25-17-32(14-15-33(25)24-11-10-22(30)16-23(24)31)26(34)27(12-1-13-27)19-4-8-21(29)9-5-19/h2-8,10-11,16,21,25H,1,9,12-15,17H2. The van der Waals surface area contributed by atoms with Gasteiger partial charge in [-0.25, -0.2) is 0 Å². The zero-order valence-corrected chi connectivity index (χ0v) is 21.7. The number of nitrogens with zero attached hydrogens (tertiary/aromatic N) is 2. The molecule has 7 heteroatoms. The number of carbonyl (C=O) groups excluding carboxylic acids is 1. The third-order valence-electron chi connectivity index (χ3n) is 7.36. The number of hydrogen-bond acceptors (Lipinski definition) is 2. The highest BCUT2D eigenvalue weighted by Gasteiger charge is 2.49. The average molecular weight is 536 g/mol. The summed E-state index contributed by atoms with van der Waals surface area (Å²) in [7, 11) is 0. The predicted octanol–water partition coefficient (Wildman–Crippen LogP) is 7.70. The third-order valence-corrected chi connectivity index (χ3v) is 8.47. The lowest BCUT2D eigenvalue weighted by Crippen LogP contribution is -2.56. The topological polar surface area (TPSA) is 23.6 Å². The third kappa shape index (κ3) is 4.48. The minimum atomic E-state index is -0.418. The number of benzene rings is 2. The van der Waals surface area contributed by atoms with Crippen LogP contribution in [0.5, 0.6) is 0 Å². The second kappa shape index (κ2) is 9.78.